The number of hydrogen-bond donors (Lipinski definition) is 4. The van der Waals surface area contributed by atoms with Gasteiger partial charge in [-0.05, 0) is 12.2 Å². The van der Waals surface area contributed by atoms with Crippen molar-refractivity contribution in [3.8, 4) is 0 Å². The van der Waals surface area contributed by atoms with Crippen LogP contribution in [0.4, 0.5) is 0 Å². The first-order valence-electron chi connectivity index (χ1n) is 7.90. The Kier molecular flexibility index (Phi) is 7.50. The van der Waals surface area contributed by atoms with Gasteiger partial charge in [-0.3, -0.25) is 9.05 Å². The van der Waals surface area contributed by atoms with Crippen molar-refractivity contribution >= 4 is 41.7 Å². The van der Waals surface area contributed by atoms with Gasteiger partial charge in [0.25, 0.3) is 0 Å². The smallest absolute Gasteiger partial charge is 0.373 e. The Bertz CT molecular complexity index is 501. The van der Waals surface area contributed by atoms with Crippen LogP contribution in [0.25, 0.3) is 0 Å². The van der Waals surface area contributed by atoms with E-state index >= 15 is 0 Å². The first kappa shape index (κ1) is 20.8. The zero-order chi connectivity index (χ0) is 18.0. The number of thiol groups is 2. The molecule has 13 heteroatoms. The molecule has 3 heterocycles. The molecular formula is C12H22O9P2S2. The van der Waals surface area contributed by atoms with E-state index in [0.29, 0.717) is 25.2 Å². The Hall–Kier alpha value is 1.04. The van der Waals surface area contributed by atoms with Gasteiger partial charge in [-0.25, -0.2) is 4.57 Å². The van der Waals surface area contributed by atoms with E-state index in [1.54, 1.807) is 0 Å². The summed E-state index contributed by atoms with van der Waals surface area (Å²) in [5, 5.41) is 0. The van der Waals surface area contributed by atoms with E-state index in [2.05, 4.69) is 25.3 Å². The monoisotopic (exact) mass is 436 g/mol. The molecule has 2 N–H and O–H groups in total. The predicted molar refractivity (Wildman–Crippen MR) is 94.6 cm³/mol. The van der Waals surface area contributed by atoms with Crippen molar-refractivity contribution in [1.82, 2.24) is 0 Å². The molecule has 3 aliphatic heterocycles. The van der Waals surface area contributed by atoms with Gasteiger partial charge in [0, 0.05) is 18.9 Å². The summed E-state index contributed by atoms with van der Waals surface area (Å²) in [6, 6.07) is 0. The Balaban J connectivity index is 1.78. The average Bonchev–Trinajstić information content (AvgIpc) is 3.10. The summed E-state index contributed by atoms with van der Waals surface area (Å²) < 4.78 is 44.7. The number of fused-ring (bicyclic) bond motifs is 3. The van der Waals surface area contributed by atoms with Crippen LogP contribution in [0.2, 0.25) is 0 Å². The third-order valence-corrected chi connectivity index (χ3v) is 6.82. The highest BCUT2D eigenvalue weighted by Crippen LogP contribution is 2.51. The maximum atomic E-state index is 12.3. The maximum Gasteiger partial charge on any atom is 0.472 e. The van der Waals surface area contributed by atoms with Gasteiger partial charge in [0.2, 0.25) is 0 Å². The van der Waals surface area contributed by atoms with Crippen molar-refractivity contribution in [2.24, 2.45) is 5.92 Å². The minimum atomic E-state index is -4.35. The molecular weight excluding hydrogens is 414 g/mol. The highest BCUT2D eigenvalue weighted by molar-refractivity contribution is 7.80. The summed E-state index contributed by atoms with van der Waals surface area (Å²) in [7, 11) is -6.49. The fourth-order valence-electron chi connectivity index (χ4n) is 3.11. The lowest BCUT2D eigenvalue weighted by atomic mass is 9.96. The second kappa shape index (κ2) is 9.03. The fourth-order valence-corrected chi connectivity index (χ4v) is 5.72. The average molecular weight is 436 g/mol. The minimum Gasteiger partial charge on any atom is -0.373 e. The summed E-state index contributed by atoms with van der Waals surface area (Å²) in [5.41, 5.74) is -0.730. The molecule has 0 amide bonds. The van der Waals surface area contributed by atoms with Crippen LogP contribution in [0, 0.1) is 5.92 Å². The number of phosphoric acid groups is 1. The Morgan fingerprint density at radius 2 is 2.04 bits per heavy atom. The number of ether oxygens (including phenoxy) is 2. The molecule has 0 radical (unpaired) electrons. The van der Waals surface area contributed by atoms with Crippen LogP contribution in [0.5, 0.6) is 0 Å². The molecule has 146 valence electrons. The van der Waals surface area contributed by atoms with E-state index in [0.717, 1.165) is 0 Å². The Morgan fingerprint density at radius 1 is 1.24 bits per heavy atom. The molecule has 2 bridgehead atoms. The molecule has 3 aliphatic rings. The lowest BCUT2D eigenvalue weighted by Gasteiger charge is -2.24. The van der Waals surface area contributed by atoms with Crippen molar-refractivity contribution < 1.29 is 41.9 Å². The standard InChI is InChI=1S/C12H22O9P2S2/c13-22-17-5-9-7(2-4-24)11(12(25)19-9)21-23(14,15)18-6-10-8(20-22)1-3-16-10/h7-13,24-25H,1-6H2,(H,14,15). The zero-order valence-electron chi connectivity index (χ0n) is 13.2. The molecule has 3 saturated heterocycles. The van der Waals surface area contributed by atoms with Crippen LogP contribution in [0.3, 0.4) is 0 Å². The van der Waals surface area contributed by atoms with Gasteiger partial charge in [-0.15, -0.1) is 12.6 Å². The van der Waals surface area contributed by atoms with Crippen LogP contribution in [-0.2, 0) is 32.1 Å². The maximum absolute atomic E-state index is 12.3. The Morgan fingerprint density at radius 3 is 2.80 bits per heavy atom. The van der Waals surface area contributed by atoms with E-state index in [4.69, 9.17) is 27.6 Å². The molecule has 0 aromatic heterocycles. The van der Waals surface area contributed by atoms with Gasteiger partial charge in [0.15, 0.2) is 0 Å². The molecule has 0 aliphatic carbocycles. The van der Waals surface area contributed by atoms with Gasteiger partial charge in [-0.2, -0.15) is 12.6 Å². The molecule has 3 fully saturated rings. The second-order valence-corrected chi connectivity index (χ2v) is 9.26. The van der Waals surface area contributed by atoms with Crippen molar-refractivity contribution in [3.05, 3.63) is 0 Å². The topological polar surface area (TPSA) is 113 Å². The van der Waals surface area contributed by atoms with Crippen LogP contribution >= 0.6 is 41.7 Å². The van der Waals surface area contributed by atoms with Crippen molar-refractivity contribution in [3.63, 3.8) is 0 Å². The number of rotatable bonds is 2. The highest BCUT2D eigenvalue weighted by Gasteiger charge is 2.48. The van der Waals surface area contributed by atoms with E-state index in [1.807, 2.05) is 0 Å². The third-order valence-electron chi connectivity index (χ3n) is 4.34. The predicted octanol–water partition coefficient (Wildman–Crippen LogP) is 1.50. The molecule has 8 unspecified atom stereocenters. The van der Waals surface area contributed by atoms with Crippen molar-refractivity contribution in [2.75, 3.05) is 25.6 Å². The zero-order valence-corrected chi connectivity index (χ0v) is 16.8. The highest BCUT2D eigenvalue weighted by atomic mass is 32.1. The lowest BCUT2D eigenvalue weighted by molar-refractivity contribution is -0.0105. The molecule has 0 saturated carbocycles. The summed E-state index contributed by atoms with van der Waals surface area (Å²) in [6.07, 6.45) is -1.24. The first-order chi connectivity index (χ1) is 11.9. The van der Waals surface area contributed by atoms with Gasteiger partial charge in [0.05, 0.1) is 25.4 Å². The molecule has 9 nitrogen and oxygen atoms in total. The lowest BCUT2D eigenvalue weighted by Crippen LogP contribution is -2.30. The normalized spacial score (nSPS) is 49.0. The first-order valence-corrected chi connectivity index (χ1v) is 11.7. The van der Waals surface area contributed by atoms with E-state index in [1.165, 1.54) is 0 Å². The largest absolute Gasteiger partial charge is 0.472 e. The fraction of sp³-hybridized carbons (Fsp3) is 1.00. The molecule has 3 rings (SSSR count). The van der Waals surface area contributed by atoms with Crippen LogP contribution in [0.1, 0.15) is 12.8 Å². The molecule has 0 aromatic rings. The van der Waals surface area contributed by atoms with Crippen molar-refractivity contribution in [1.29, 1.82) is 0 Å². The molecule has 8 atom stereocenters. The summed E-state index contributed by atoms with van der Waals surface area (Å²) >= 11 is 8.51. The van der Waals surface area contributed by atoms with E-state index < -0.39 is 46.3 Å². The van der Waals surface area contributed by atoms with Crippen molar-refractivity contribution in [2.45, 2.75) is 42.7 Å². The van der Waals surface area contributed by atoms with Gasteiger partial charge < -0.3 is 28.3 Å². The number of hydrogen-bond acceptors (Lipinski definition) is 10. The molecule has 0 aromatic carbocycles. The summed E-state index contributed by atoms with van der Waals surface area (Å²) in [4.78, 5) is 20.1. The van der Waals surface area contributed by atoms with Gasteiger partial charge >= 0.3 is 16.4 Å². The summed E-state index contributed by atoms with van der Waals surface area (Å²) in [5.74, 6) is 0.230. The van der Waals surface area contributed by atoms with Crippen LogP contribution in [0.15, 0.2) is 0 Å². The van der Waals surface area contributed by atoms with Crippen LogP contribution in [-0.4, -0.2) is 65.2 Å². The molecule has 0 spiro atoms. The second-order valence-electron chi connectivity index (χ2n) is 5.95. The minimum absolute atomic E-state index is 0.0480. The van der Waals surface area contributed by atoms with Crippen LogP contribution < -0.4 is 0 Å². The Labute approximate surface area is 158 Å². The van der Waals surface area contributed by atoms with Gasteiger partial charge in [0.1, 0.15) is 17.6 Å². The molecule has 25 heavy (non-hydrogen) atoms. The SMILES string of the molecule is O=P1(O)OCC2OCCC2OP(O)OCC2OC(S)C(O1)C2CCS. The quantitative estimate of drug-likeness (QED) is 0.378. The number of phosphoric ester groups is 1. The van der Waals surface area contributed by atoms with E-state index in [9.17, 15) is 14.4 Å². The third kappa shape index (κ3) is 5.31. The van der Waals surface area contributed by atoms with E-state index in [-0.39, 0.29) is 19.1 Å². The van der Waals surface area contributed by atoms with Gasteiger partial charge in [-0.1, -0.05) is 0 Å². The summed E-state index contributed by atoms with van der Waals surface area (Å²) in [6.45, 7) is 0.245.